The van der Waals surface area contributed by atoms with Crippen LogP contribution in [0.2, 0.25) is 0 Å². The number of nitrogens with two attached hydrogens (primary N) is 2. The van der Waals surface area contributed by atoms with Gasteiger partial charge in [0.15, 0.2) is 11.5 Å². The van der Waals surface area contributed by atoms with Crippen LogP contribution in [0.15, 0.2) is 72.0 Å². The molecular weight excluding hydrogens is 510 g/mol. The number of nitrogens with one attached hydrogen (secondary N) is 1. The van der Waals surface area contributed by atoms with E-state index >= 15 is 0 Å². The second kappa shape index (κ2) is 11.2. The first kappa shape index (κ1) is 26.9. The predicted octanol–water partition coefficient (Wildman–Crippen LogP) is 5.41. The Morgan fingerprint density at radius 3 is 2.45 bits per heavy atom. The van der Waals surface area contributed by atoms with Gasteiger partial charge in [-0.1, -0.05) is 37.3 Å². The van der Waals surface area contributed by atoms with Gasteiger partial charge in [0.25, 0.3) is 6.43 Å². The van der Waals surface area contributed by atoms with Crippen LogP contribution in [0.4, 0.5) is 8.78 Å². The quantitative estimate of drug-likeness (QED) is 0.105. The van der Waals surface area contributed by atoms with Gasteiger partial charge in [-0.2, -0.15) is 0 Å². The summed E-state index contributed by atoms with van der Waals surface area (Å²) in [4.78, 5) is 13.9. The Hall–Kier alpha value is -4.70. The highest BCUT2D eigenvalue weighted by molar-refractivity contribution is 6.04. The van der Waals surface area contributed by atoms with E-state index < -0.39 is 6.43 Å². The number of nitrogens with zero attached hydrogens (tertiary/aromatic N) is 5. The van der Waals surface area contributed by atoms with Crippen LogP contribution in [-0.2, 0) is 13.0 Å². The summed E-state index contributed by atoms with van der Waals surface area (Å²) < 4.78 is 28.8. The molecule has 5 rings (SSSR count). The molecule has 0 amide bonds. The molecule has 0 radical (unpaired) electrons. The van der Waals surface area contributed by atoms with Crippen LogP contribution in [0.1, 0.15) is 47.1 Å². The van der Waals surface area contributed by atoms with Crippen molar-refractivity contribution in [2.24, 2.45) is 16.7 Å². The Balaban J connectivity index is 1.54. The van der Waals surface area contributed by atoms with E-state index in [1.54, 1.807) is 12.1 Å². The molecule has 0 saturated carbocycles. The second-order valence-electron chi connectivity index (χ2n) is 9.58. The number of benzene rings is 2. The van der Waals surface area contributed by atoms with Crippen molar-refractivity contribution in [2.75, 3.05) is 0 Å². The molecule has 0 spiro atoms. The third-order valence-corrected chi connectivity index (χ3v) is 6.84. The van der Waals surface area contributed by atoms with E-state index in [0.717, 1.165) is 51.4 Å². The van der Waals surface area contributed by atoms with Crippen LogP contribution in [0.25, 0.3) is 33.5 Å². The lowest BCUT2D eigenvalue weighted by atomic mass is 9.94. The number of fused-ring (bicyclic) bond motifs is 1. The van der Waals surface area contributed by atoms with E-state index in [1.165, 1.54) is 18.3 Å². The summed E-state index contributed by atoms with van der Waals surface area (Å²) in [5, 5.41) is 3.94. The number of pyridine rings is 2. The number of rotatable bonds is 8. The molecule has 0 fully saturated rings. The number of aromatic nitrogens is 4. The maximum absolute atomic E-state index is 13.3. The zero-order chi connectivity index (χ0) is 28.4. The van der Waals surface area contributed by atoms with Gasteiger partial charge in [-0.3, -0.25) is 4.98 Å². The molecule has 3 aromatic heterocycles. The topological polar surface area (TPSA) is 120 Å². The number of imidazole rings is 1. The summed E-state index contributed by atoms with van der Waals surface area (Å²) in [6.45, 7) is 6.76. The highest BCUT2D eigenvalue weighted by Crippen LogP contribution is 2.31. The molecule has 8 nitrogen and oxygen atoms in total. The van der Waals surface area contributed by atoms with Crippen molar-refractivity contribution in [3.05, 3.63) is 101 Å². The van der Waals surface area contributed by atoms with Crippen LogP contribution in [0, 0.1) is 13.8 Å². The van der Waals surface area contributed by atoms with E-state index in [9.17, 15) is 8.78 Å². The van der Waals surface area contributed by atoms with Gasteiger partial charge in [-0.15, -0.1) is 5.10 Å². The number of hydrazine groups is 1. The van der Waals surface area contributed by atoms with Crippen LogP contribution < -0.4 is 17.1 Å². The van der Waals surface area contributed by atoms with Gasteiger partial charge in [0, 0.05) is 35.0 Å². The summed E-state index contributed by atoms with van der Waals surface area (Å²) in [5.74, 6) is 6.55. The molecule has 0 unspecified atom stereocenters. The first-order chi connectivity index (χ1) is 19.3. The Morgan fingerprint density at radius 2 is 1.75 bits per heavy atom. The predicted molar refractivity (Wildman–Crippen MR) is 154 cm³/mol. The number of hydrazone groups is 1. The summed E-state index contributed by atoms with van der Waals surface area (Å²) >= 11 is 0. The molecule has 0 aliphatic rings. The highest BCUT2D eigenvalue weighted by Gasteiger charge is 2.16. The van der Waals surface area contributed by atoms with E-state index in [2.05, 4.69) is 34.0 Å². The van der Waals surface area contributed by atoms with Crippen molar-refractivity contribution in [3.8, 4) is 22.4 Å². The molecule has 0 bridgehead atoms. The molecule has 2 aromatic carbocycles. The normalized spacial score (nSPS) is 11.9. The van der Waals surface area contributed by atoms with Crippen LogP contribution >= 0.6 is 0 Å². The minimum atomic E-state index is -2.59. The molecular formula is C30H30F2N8. The Bertz CT molecular complexity index is 1710. The standard InChI is InChI=1S/C30H30F2N8/c1-4-26-37-27-17(2)13-18(3)36-30(27)40(26)16-19-5-7-20(8-6-19)24-14-21(9-10-23(24)29(33)38-39-34)25-15-22(28(31)32)11-12-35-25/h5-15,28,39H,4,16,34H2,1-3H3,(H2,33,38). The minimum Gasteiger partial charge on any atom is -0.382 e. The Morgan fingerprint density at radius 1 is 1.00 bits per heavy atom. The van der Waals surface area contributed by atoms with Gasteiger partial charge >= 0.3 is 0 Å². The van der Waals surface area contributed by atoms with E-state index in [0.29, 0.717) is 23.4 Å². The molecule has 0 atom stereocenters. The first-order valence-electron chi connectivity index (χ1n) is 12.9. The first-order valence-corrected chi connectivity index (χ1v) is 12.9. The molecule has 5 aromatic rings. The molecule has 0 saturated heterocycles. The zero-order valence-corrected chi connectivity index (χ0v) is 22.5. The monoisotopic (exact) mass is 540 g/mol. The van der Waals surface area contributed by atoms with E-state index in [4.69, 9.17) is 21.5 Å². The number of hydrogen-bond donors (Lipinski definition) is 3. The number of alkyl halides is 2. The average molecular weight is 541 g/mol. The van der Waals surface area contributed by atoms with Gasteiger partial charge in [0.1, 0.15) is 11.3 Å². The van der Waals surface area contributed by atoms with Gasteiger partial charge in [-0.25, -0.2) is 30.1 Å². The molecule has 5 N–H and O–H groups in total. The lowest BCUT2D eigenvalue weighted by Crippen LogP contribution is -2.23. The lowest BCUT2D eigenvalue weighted by molar-refractivity contribution is 0.151. The maximum Gasteiger partial charge on any atom is 0.263 e. The molecule has 0 aliphatic heterocycles. The van der Waals surface area contributed by atoms with Crippen molar-refractivity contribution < 1.29 is 8.78 Å². The largest absolute Gasteiger partial charge is 0.382 e. The molecule has 3 heterocycles. The molecule has 204 valence electrons. The Kier molecular flexibility index (Phi) is 7.52. The Labute approximate surface area is 230 Å². The van der Waals surface area contributed by atoms with Gasteiger partial charge < -0.3 is 10.3 Å². The number of aryl methyl sites for hydroxylation is 3. The molecule has 40 heavy (non-hydrogen) atoms. The van der Waals surface area contributed by atoms with E-state index in [-0.39, 0.29) is 11.4 Å². The minimum absolute atomic E-state index is 0.0910. The fourth-order valence-electron chi connectivity index (χ4n) is 4.89. The average Bonchev–Trinajstić information content (AvgIpc) is 3.30. The molecule has 10 heteroatoms. The number of amidine groups is 1. The fourth-order valence-corrected chi connectivity index (χ4v) is 4.89. The highest BCUT2D eigenvalue weighted by atomic mass is 19.3. The van der Waals surface area contributed by atoms with Crippen molar-refractivity contribution in [1.29, 1.82) is 0 Å². The summed E-state index contributed by atoms with van der Waals surface area (Å²) in [6.07, 6.45) is -0.414. The third-order valence-electron chi connectivity index (χ3n) is 6.84. The van der Waals surface area contributed by atoms with Gasteiger partial charge in [0.2, 0.25) is 0 Å². The van der Waals surface area contributed by atoms with Crippen molar-refractivity contribution in [2.45, 2.75) is 40.2 Å². The summed E-state index contributed by atoms with van der Waals surface area (Å²) in [5.41, 5.74) is 16.7. The SMILES string of the molecule is CCc1nc2c(C)cc(C)nc2n1Cc1ccc(-c2cc(-c3cc(C(F)F)ccn3)ccc2/C(N)=N/NN)cc1. The summed E-state index contributed by atoms with van der Waals surface area (Å²) in [7, 11) is 0. The number of halogens is 2. The number of hydrogen-bond acceptors (Lipinski definition) is 6. The molecule has 0 aliphatic carbocycles. The van der Waals surface area contributed by atoms with Gasteiger partial charge in [-0.05, 0) is 66.4 Å². The van der Waals surface area contributed by atoms with Crippen LogP contribution in [-0.4, -0.2) is 25.4 Å². The summed E-state index contributed by atoms with van der Waals surface area (Å²) in [6, 6.07) is 18.3. The third kappa shape index (κ3) is 5.26. The van der Waals surface area contributed by atoms with Gasteiger partial charge in [0.05, 0.1) is 12.2 Å². The van der Waals surface area contributed by atoms with E-state index in [1.807, 2.05) is 43.3 Å². The lowest BCUT2D eigenvalue weighted by Gasteiger charge is -2.14. The van der Waals surface area contributed by atoms with Crippen LogP contribution in [0.5, 0.6) is 0 Å². The van der Waals surface area contributed by atoms with Crippen molar-refractivity contribution in [3.63, 3.8) is 0 Å². The van der Waals surface area contributed by atoms with Crippen molar-refractivity contribution >= 4 is 17.0 Å². The van der Waals surface area contributed by atoms with Crippen LogP contribution in [0.3, 0.4) is 0 Å². The maximum atomic E-state index is 13.3. The fraction of sp³-hybridized carbons (Fsp3) is 0.200. The second-order valence-corrected chi connectivity index (χ2v) is 9.58. The smallest absolute Gasteiger partial charge is 0.263 e. The zero-order valence-electron chi connectivity index (χ0n) is 22.5. The van der Waals surface area contributed by atoms with Crippen molar-refractivity contribution in [1.82, 2.24) is 25.1 Å².